The normalized spacial score (nSPS) is 21.2. The van der Waals surface area contributed by atoms with Gasteiger partial charge in [-0.15, -0.1) is 0 Å². The average Bonchev–Trinajstić information content (AvgIpc) is 3.25. The first-order valence-electron chi connectivity index (χ1n) is 12.0. The maximum Gasteiger partial charge on any atom is 0.335 e. The van der Waals surface area contributed by atoms with Crippen LogP contribution in [0.4, 0.5) is 5.69 Å². The van der Waals surface area contributed by atoms with E-state index in [2.05, 4.69) is 41.4 Å². The number of amides is 1. The highest BCUT2D eigenvalue weighted by atomic mass is 35.5. The van der Waals surface area contributed by atoms with Crippen molar-refractivity contribution in [3.05, 3.63) is 64.2 Å². The standard InChI is InChI=1S/C27H33ClN2O3/c1-18-5-10-23(11-6-18)30-15-13-20(14-16-30)26(31)29-25-4-2-3-19(25)7-8-21-17-22(28)9-12-24(21)27(32)33/h5-6,9-12,17,19-20,25H,2-4,7-8,13-16H2,1H3,(H,29,31)(H,32,33)/t19-,25-/m0/s1. The van der Waals surface area contributed by atoms with Crippen LogP contribution in [0.5, 0.6) is 0 Å². The highest BCUT2D eigenvalue weighted by molar-refractivity contribution is 6.30. The molecule has 5 nitrogen and oxygen atoms in total. The second-order valence-electron chi connectivity index (χ2n) is 9.55. The zero-order chi connectivity index (χ0) is 23.4. The highest BCUT2D eigenvalue weighted by Crippen LogP contribution is 2.32. The molecule has 4 rings (SSSR count). The van der Waals surface area contributed by atoms with Crippen LogP contribution in [0.25, 0.3) is 0 Å². The molecule has 2 aromatic carbocycles. The van der Waals surface area contributed by atoms with Crippen LogP contribution in [0.3, 0.4) is 0 Å². The van der Waals surface area contributed by atoms with Crippen LogP contribution in [0.2, 0.25) is 5.02 Å². The Balaban J connectivity index is 1.29. The van der Waals surface area contributed by atoms with Crippen molar-refractivity contribution in [1.82, 2.24) is 5.32 Å². The number of aromatic carboxylic acids is 1. The van der Waals surface area contributed by atoms with Crippen molar-refractivity contribution in [3.63, 3.8) is 0 Å². The van der Waals surface area contributed by atoms with E-state index in [0.29, 0.717) is 22.9 Å². The number of carbonyl (C=O) groups excluding carboxylic acids is 1. The van der Waals surface area contributed by atoms with Gasteiger partial charge in [0, 0.05) is 35.8 Å². The van der Waals surface area contributed by atoms with E-state index in [1.165, 1.54) is 11.3 Å². The Kier molecular flexibility index (Phi) is 7.59. The quantitative estimate of drug-likeness (QED) is 0.564. The first-order chi connectivity index (χ1) is 15.9. The topological polar surface area (TPSA) is 69.6 Å². The fourth-order valence-electron chi connectivity index (χ4n) is 5.35. The molecule has 1 aliphatic carbocycles. The van der Waals surface area contributed by atoms with E-state index >= 15 is 0 Å². The number of carboxylic acid groups (broad SMARTS) is 1. The summed E-state index contributed by atoms with van der Waals surface area (Å²) in [5.41, 5.74) is 3.58. The number of anilines is 1. The maximum absolute atomic E-state index is 13.0. The first-order valence-corrected chi connectivity index (χ1v) is 12.4. The van der Waals surface area contributed by atoms with E-state index in [4.69, 9.17) is 11.6 Å². The molecule has 2 N–H and O–H groups in total. The Morgan fingerprint density at radius 1 is 1.06 bits per heavy atom. The molecule has 1 saturated heterocycles. The number of nitrogens with one attached hydrogen (secondary N) is 1. The van der Waals surface area contributed by atoms with E-state index in [1.54, 1.807) is 18.2 Å². The second kappa shape index (κ2) is 10.6. The SMILES string of the molecule is Cc1ccc(N2CCC(C(=O)N[C@H]3CCC[C@H]3CCc3cc(Cl)ccc3C(=O)O)CC2)cc1. The lowest BCUT2D eigenvalue weighted by atomic mass is 9.91. The van der Waals surface area contributed by atoms with E-state index in [1.807, 2.05) is 0 Å². The number of carbonyl (C=O) groups is 2. The number of hydrogen-bond donors (Lipinski definition) is 2. The zero-order valence-corrected chi connectivity index (χ0v) is 20.0. The lowest BCUT2D eigenvalue weighted by Crippen LogP contribution is -2.45. The monoisotopic (exact) mass is 468 g/mol. The van der Waals surface area contributed by atoms with Gasteiger partial charge in [-0.1, -0.05) is 35.7 Å². The Hall–Kier alpha value is -2.53. The Morgan fingerprint density at radius 2 is 1.79 bits per heavy atom. The van der Waals surface area contributed by atoms with Crippen LogP contribution < -0.4 is 10.2 Å². The Morgan fingerprint density at radius 3 is 2.48 bits per heavy atom. The van der Waals surface area contributed by atoms with Crippen molar-refractivity contribution in [2.24, 2.45) is 11.8 Å². The van der Waals surface area contributed by atoms with Gasteiger partial charge in [0.2, 0.25) is 5.91 Å². The molecular weight excluding hydrogens is 436 g/mol. The van der Waals surface area contributed by atoms with Gasteiger partial charge in [0.1, 0.15) is 0 Å². The minimum atomic E-state index is -0.921. The number of aryl methyl sites for hydroxylation is 2. The van der Waals surface area contributed by atoms with Crippen molar-refractivity contribution in [1.29, 1.82) is 0 Å². The van der Waals surface area contributed by atoms with Crippen molar-refractivity contribution in [2.75, 3.05) is 18.0 Å². The van der Waals surface area contributed by atoms with Gasteiger partial charge in [-0.3, -0.25) is 4.79 Å². The highest BCUT2D eigenvalue weighted by Gasteiger charge is 2.32. The number of nitrogens with zero attached hydrogens (tertiary/aromatic N) is 1. The first kappa shape index (κ1) is 23.6. The lowest BCUT2D eigenvalue weighted by molar-refractivity contribution is -0.126. The molecule has 2 atom stereocenters. The number of carboxylic acids is 1. The Labute approximate surface area is 201 Å². The van der Waals surface area contributed by atoms with Crippen LogP contribution in [0.15, 0.2) is 42.5 Å². The van der Waals surface area contributed by atoms with Crippen LogP contribution in [-0.2, 0) is 11.2 Å². The molecule has 0 radical (unpaired) electrons. The fourth-order valence-corrected chi connectivity index (χ4v) is 5.54. The van der Waals surface area contributed by atoms with E-state index < -0.39 is 5.97 Å². The van der Waals surface area contributed by atoms with Gasteiger partial charge < -0.3 is 15.3 Å². The summed E-state index contributed by atoms with van der Waals surface area (Å²) < 4.78 is 0. The predicted octanol–water partition coefficient (Wildman–Crippen LogP) is 5.48. The molecule has 6 heteroatoms. The van der Waals surface area contributed by atoms with Gasteiger partial charge in [0.15, 0.2) is 0 Å². The van der Waals surface area contributed by atoms with Gasteiger partial charge in [-0.25, -0.2) is 4.79 Å². The van der Waals surface area contributed by atoms with Crippen molar-refractivity contribution in [3.8, 4) is 0 Å². The molecule has 2 aliphatic rings. The summed E-state index contributed by atoms with van der Waals surface area (Å²) in [6.45, 7) is 3.90. The van der Waals surface area contributed by atoms with Gasteiger partial charge in [0.05, 0.1) is 5.56 Å². The van der Waals surface area contributed by atoms with Gasteiger partial charge >= 0.3 is 5.97 Å². The summed E-state index contributed by atoms with van der Waals surface area (Å²) in [6, 6.07) is 13.7. The molecule has 0 unspecified atom stereocenters. The molecule has 0 spiro atoms. The average molecular weight is 469 g/mol. The molecule has 0 aromatic heterocycles. The molecule has 2 fully saturated rings. The summed E-state index contributed by atoms with van der Waals surface area (Å²) in [5, 5.41) is 13.4. The summed E-state index contributed by atoms with van der Waals surface area (Å²) >= 11 is 6.10. The minimum Gasteiger partial charge on any atom is -0.478 e. The third kappa shape index (κ3) is 5.89. The van der Waals surface area contributed by atoms with Gasteiger partial charge in [-0.05, 0) is 87.3 Å². The smallest absolute Gasteiger partial charge is 0.335 e. The van der Waals surface area contributed by atoms with E-state index in [9.17, 15) is 14.7 Å². The molecule has 33 heavy (non-hydrogen) atoms. The number of piperidine rings is 1. The largest absolute Gasteiger partial charge is 0.478 e. The molecule has 0 bridgehead atoms. The summed E-state index contributed by atoms with van der Waals surface area (Å²) in [7, 11) is 0. The van der Waals surface area contributed by atoms with E-state index in [0.717, 1.165) is 57.2 Å². The molecule has 176 valence electrons. The van der Waals surface area contributed by atoms with Crippen molar-refractivity contribution < 1.29 is 14.7 Å². The lowest BCUT2D eigenvalue weighted by Gasteiger charge is -2.34. The molecular formula is C27H33ClN2O3. The molecule has 1 aliphatic heterocycles. The Bertz CT molecular complexity index is 983. The molecule has 2 aromatic rings. The van der Waals surface area contributed by atoms with Gasteiger partial charge in [0.25, 0.3) is 0 Å². The summed E-state index contributed by atoms with van der Waals surface area (Å²) in [4.78, 5) is 26.9. The summed E-state index contributed by atoms with van der Waals surface area (Å²) in [6.07, 6.45) is 6.44. The van der Waals surface area contributed by atoms with Crippen LogP contribution >= 0.6 is 11.6 Å². The second-order valence-corrected chi connectivity index (χ2v) is 9.98. The van der Waals surface area contributed by atoms with E-state index in [-0.39, 0.29) is 17.9 Å². The van der Waals surface area contributed by atoms with Crippen molar-refractivity contribution in [2.45, 2.75) is 57.9 Å². The molecule has 1 heterocycles. The predicted molar refractivity (Wildman–Crippen MR) is 132 cm³/mol. The van der Waals surface area contributed by atoms with Crippen LogP contribution in [-0.4, -0.2) is 36.1 Å². The molecule has 1 amide bonds. The number of rotatable bonds is 7. The fraction of sp³-hybridized carbons (Fsp3) is 0.481. The zero-order valence-electron chi connectivity index (χ0n) is 19.2. The maximum atomic E-state index is 13.0. The number of benzene rings is 2. The minimum absolute atomic E-state index is 0.0690. The summed E-state index contributed by atoms with van der Waals surface area (Å²) in [5.74, 6) is -0.291. The third-order valence-electron chi connectivity index (χ3n) is 7.33. The third-order valence-corrected chi connectivity index (χ3v) is 7.57. The number of hydrogen-bond acceptors (Lipinski definition) is 3. The van der Waals surface area contributed by atoms with Crippen LogP contribution in [0.1, 0.15) is 60.0 Å². The van der Waals surface area contributed by atoms with Crippen LogP contribution in [0, 0.1) is 18.8 Å². The van der Waals surface area contributed by atoms with Crippen molar-refractivity contribution >= 4 is 29.2 Å². The molecule has 1 saturated carbocycles. The number of halogens is 1. The van der Waals surface area contributed by atoms with Gasteiger partial charge in [-0.2, -0.15) is 0 Å².